The first-order valence-electron chi connectivity index (χ1n) is 4.67. The number of pyridine rings is 1. The van der Waals surface area contributed by atoms with Crippen molar-refractivity contribution in [2.24, 2.45) is 0 Å². The highest BCUT2D eigenvalue weighted by molar-refractivity contribution is 5.43. The molecule has 4 heteroatoms. The van der Waals surface area contributed by atoms with Crippen LogP contribution in [-0.2, 0) is 6.61 Å². The molecule has 0 saturated carbocycles. The van der Waals surface area contributed by atoms with Crippen molar-refractivity contribution in [1.82, 2.24) is 9.88 Å². The number of aromatic nitrogens is 1. The fourth-order valence-electron chi connectivity index (χ4n) is 1.12. The Kier molecular flexibility index (Phi) is 4.35. The van der Waals surface area contributed by atoms with E-state index in [4.69, 9.17) is 5.11 Å². The third-order valence-electron chi connectivity index (χ3n) is 1.91. The number of nitrogens with zero attached hydrogens (tertiary/aromatic N) is 2. The minimum atomic E-state index is 0.0259. The smallest absolute Gasteiger partial charge is 0.131 e. The van der Waals surface area contributed by atoms with Gasteiger partial charge in [-0.25, -0.2) is 4.98 Å². The molecular formula is C10H17N3O. The summed E-state index contributed by atoms with van der Waals surface area (Å²) in [6, 6.07) is 3.69. The van der Waals surface area contributed by atoms with Crippen LogP contribution in [0.25, 0.3) is 0 Å². The van der Waals surface area contributed by atoms with Crippen molar-refractivity contribution in [3.05, 3.63) is 23.9 Å². The molecule has 0 saturated heterocycles. The van der Waals surface area contributed by atoms with Crippen LogP contribution >= 0.6 is 0 Å². The largest absolute Gasteiger partial charge is 0.392 e. The van der Waals surface area contributed by atoms with Crippen molar-refractivity contribution in [1.29, 1.82) is 0 Å². The molecule has 0 fully saturated rings. The van der Waals surface area contributed by atoms with Crippen LogP contribution in [0.2, 0.25) is 0 Å². The molecule has 14 heavy (non-hydrogen) atoms. The van der Waals surface area contributed by atoms with Crippen molar-refractivity contribution in [2.75, 3.05) is 32.5 Å². The zero-order valence-corrected chi connectivity index (χ0v) is 8.70. The monoisotopic (exact) mass is 195 g/mol. The molecule has 0 aromatic carbocycles. The molecule has 0 unspecified atom stereocenters. The van der Waals surface area contributed by atoms with E-state index < -0.39 is 0 Å². The second-order valence-electron chi connectivity index (χ2n) is 3.40. The second kappa shape index (κ2) is 5.57. The molecule has 0 bridgehead atoms. The van der Waals surface area contributed by atoms with Gasteiger partial charge in [-0.3, -0.25) is 0 Å². The lowest BCUT2D eigenvalue weighted by Gasteiger charge is -2.12. The van der Waals surface area contributed by atoms with Gasteiger partial charge in [-0.1, -0.05) is 6.07 Å². The third kappa shape index (κ3) is 3.32. The Morgan fingerprint density at radius 1 is 1.50 bits per heavy atom. The zero-order chi connectivity index (χ0) is 10.4. The van der Waals surface area contributed by atoms with Crippen LogP contribution in [0, 0.1) is 0 Å². The number of likely N-dealkylation sites (N-methyl/N-ethyl adjacent to an activating group) is 1. The van der Waals surface area contributed by atoms with Gasteiger partial charge in [0, 0.05) is 24.8 Å². The average molecular weight is 195 g/mol. The maximum absolute atomic E-state index is 9.04. The average Bonchev–Trinajstić information content (AvgIpc) is 2.18. The Morgan fingerprint density at radius 3 is 2.93 bits per heavy atom. The van der Waals surface area contributed by atoms with Crippen LogP contribution in [0.15, 0.2) is 18.3 Å². The first-order chi connectivity index (χ1) is 6.74. The van der Waals surface area contributed by atoms with Crippen LogP contribution < -0.4 is 5.32 Å². The topological polar surface area (TPSA) is 48.4 Å². The van der Waals surface area contributed by atoms with Crippen molar-refractivity contribution in [3.63, 3.8) is 0 Å². The van der Waals surface area contributed by atoms with E-state index in [1.807, 2.05) is 26.2 Å². The zero-order valence-electron chi connectivity index (χ0n) is 8.70. The Bertz CT molecular complexity index is 276. The van der Waals surface area contributed by atoms with E-state index in [0.29, 0.717) is 0 Å². The molecule has 1 heterocycles. The van der Waals surface area contributed by atoms with Gasteiger partial charge in [0.1, 0.15) is 5.82 Å². The predicted octanol–water partition coefficient (Wildman–Crippen LogP) is 0.547. The summed E-state index contributed by atoms with van der Waals surface area (Å²) in [6.45, 7) is 1.80. The molecule has 0 spiro atoms. The lowest BCUT2D eigenvalue weighted by Crippen LogP contribution is -2.21. The van der Waals surface area contributed by atoms with Crippen LogP contribution in [0.3, 0.4) is 0 Å². The summed E-state index contributed by atoms with van der Waals surface area (Å²) in [5.74, 6) is 0.775. The molecule has 1 aromatic rings. The Morgan fingerprint density at radius 2 is 2.29 bits per heavy atom. The van der Waals surface area contributed by atoms with E-state index >= 15 is 0 Å². The molecule has 1 aromatic heterocycles. The summed E-state index contributed by atoms with van der Waals surface area (Å²) < 4.78 is 0. The Hall–Kier alpha value is -1.13. The van der Waals surface area contributed by atoms with E-state index in [1.165, 1.54) is 0 Å². The summed E-state index contributed by atoms with van der Waals surface area (Å²) in [7, 11) is 4.04. The lowest BCUT2D eigenvalue weighted by molar-refractivity contribution is 0.282. The minimum absolute atomic E-state index is 0.0259. The van der Waals surface area contributed by atoms with Gasteiger partial charge in [0.2, 0.25) is 0 Å². The molecule has 1 rings (SSSR count). The molecule has 0 radical (unpaired) electrons. The van der Waals surface area contributed by atoms with Crippen molar-refractivity contribution in [3.8, 4) is 0 Å². The second-order valence-corrected chi connectivity index (χ2v) is 3.40. The normalized spacial score (nSPS) is 10.6. The van der Waals surface area contributed by atoms with Gasteiger partial charge >= 0.3 is 0 Å². The van der Waals surface area contributed by atoms with Crippen molar-refractivity contribution >= 4 is 5.82 Å². The van der Waals surface area contributed by atoms with E-state index in [1.54, 1.807) is 6.20 Å². The van der Waals surface area contributed by atoms with Crippen molar-refractivity contribution < 1.29 is 5.11 Å². The van der Waals surface area contributed by atoms with Gasteiger partial charge in [0.05, 0.1) is 6.61 Å². The number of aliphatic hydroxyl groups excluding tert-OH is 1. The highest BCUT2D eigenvalue weighted by Gasteiger charge is 2.00. The van der Waals surface area contributed by atoms with Gasteiger partial charge in [-0.15, -0.1) is 0 Å². The third-order valence-corrected chi connectivity index (χ3v) is 1.91. The quantitative estimate of drug-likeness (QED) is 0.720. The molecular weight excluding hydrogens is 178 g/mol. The van der Waals surface area contributed by atoms with Crippen molar-refractivity contribution in [2.45, 2.75) is 6.61 Å². The summed E-state index contributed by atoms with van der Waals surface area (Å²) >= 11 is 0. The van der Waals surface area contributed by atoms with Gasteiger partial charge < -0.3 is 15.3 Å². The number of rotatable bonds is 5. The first-order valence-corrected chi connectivity index (χ1v) is 4.67. The van der Waals surface area contributed by atoms with Gasteiger partial charge in [0.15, 0.2) is 0 Å². The van der Waals surface area contributed by atoms with Gasteiger partial charge in [-0.05, 0) is 20.2 Å². The maximum atomic E-state index is 9.04. The predicted molar refractivity (Wildman–Crippen MR) is 57.2 cm³/mol. The Labute approximate surface area is 84.6 Å². The summed E-state index contributed by atoms with van der Waals surface area (Å²) in [6.07, 6.45) is 1.72. The number of anilines is 1. The maximum Gasteiger partial charge on any atom is 0.131 e. The molecule has 0 aliphatic heterocycles. The van der Waals surface area contributed by atoms with Gasteiger partial charge in [0.25, 0.3) is 0 Å². The Balaban J connectivity index is 2.49. The van der Waals surface area contributed by atoms with Gasteiger partial charge in [-0.2, -0.15) is 0 Å². The number of nitrogens with one attached hydrogen (secondary N) is 1. The highest BCUT2D eigenvalue weighted by atomic mass is 16.3. The molecule has 0 atom stereocenters. The number of aliphatic hydroxyl groups is 1. The number of hydrogen-bond acceptors (Lipinski definition) is 4. The van der Waals surface area contributed by atoms with Crippen LogP contribution in [-0.4, -0.2) is 42.2 Å². The SMILES string of the molecule is CN(C)CCNc1ncccc1CO. The van der Waals surface area contributed by atoms with E-state index in [-0.39, 0.29) is 6.61 Å². The fourth-order valence-corrected chi connectivity index (χ4v) is 1.12. The molecule has 0 aliphatic rings. The van der Waals surface area contributed by atoms with Crippen LogP contribution in [0.5, 0.6) is 0 Å². The minimum Gasteiger partial charge on any atom is -0.392 e. The molecule has 0 aliphatic carbocycles. The first kappa shape index (κ1) is 10.9. The summed E-state index contributed by atoms with van der Waals surface area (Å²) in [4.78, 5) is 6.25. The van der Waals surface area contributed by atoms with E-state index in [2.05, 4.69) is 15.2 Å². The van der Waals surface area contributed by atoms with Crippen LogP contribution in [0.1, 0.15) is 5.56 Å². The fraction of sp³-hybridized carbons (Fsp3) is 0.500. The standard InChI is InChI=1S/C10H17N3O/c1-13(2)7-6-12-10-9(8-14)4-3-5-11-10/h3-5,14H,6-8H2,1-2H3,(H,11,12). The highest BCUT2D eigenvalue weighted by Crippen LogP contribution is 2.10. The van der Waals surface area contributed by atoms with E-state index in [0.717, 1.165) is 24.5 Å². The lowest BCUT2D eigenvalue weighted by atomic mass is 10.2. The molecule has 4 nitrogen and oxygen atoms in total. The number of hydrogen-bond donors (Lipinski definition) is 2. The molecule has 78 valence electrons. The molecule has 2 N–H and O–H groups in total. The van der Waals surface area contributed by atoms with E-state index in [9.17, 15) is 0 Å². The summed E-state index contributed by atoms with van der Waals surface area (Å²) in [5.41, 5.74) is 0.839. The summed E-state index contributed by atoms with van der Waals surface area (Å²) in [5, 5.41) is 12.2. The molecule has 0 amide bonds. The van der Waals surface area contributed by atoms with Crippen LogP contribution in [0.4, 0.5) is 5.82 Å².